The molecule has 2 heterocycles. The first-order valence-corrected chi connectivity index (χ1v) is 12.8. The number of H-pyrrole nitrogens is 2. The molecule has 0 radical (unpaired) electrons. The molecule has 0 aliphatic heterocycles. The lowest BCUT2D eigenvalue weighted by Crippen LogP contribution is -2.34. The maximum absolute atomic E-state index is 14.0. The van der Waals surface area contributed by atoms with Gasteiger partial charge in [-0.3, -0.25) is 9.59 Å². The van der Waals surface area contributed by atoms with Crippen LogP contribution < -0.4 is 0 Å². The molecule has 192 valence electrons. The van der Waals surface area contributed by atoms with Crippen LogP contribution in [0, 0.1) is 5.41 Å². The molecule has 0 spiro atoms. The number of hydrogen-bond acceptors (Lipinski definition) is 3. The molecule has 1 aliphatic carbocycles. The first-order valence-electron chi connectivity index (χ1n) is 12.8. The normalized spacial score (nSPS) is 15.5. The number of carbonyl (C=O) groups is 2. The van der Waals surface area contributed by atoms with Gasteiger partial charge < -0.3 is 15.1 Å². The Labute approximate surface area is 222 Å². The standard InChI is InChI=1S/C33H32N2O3/c1-6-33(4,5)29(26-17-20-11-7-9-13-24(20)35-26)28-30(36)22(16-15-19(2)3)27(31(37)32(28)38)23-18-34-25-14-10-8-12-21(23)25/h6-15,17-18,29,34-36H,1,16H2,2-5H3. The van der Waals surface area contributed by atoms with Gasteiger partial charge in [-0.1, -0.05) is 68.0 Å². The summed E-state index contributed by atoms with van der Waals surface area (Å²) in [6.07, 6.45) is 5.81. The van der Waals surface area contributed by atoms with E-state index in [0.29, 0.717) is 17.6 Å². The van der Waals surface area contributed by atoms with E-state index in [-0.39, 0.29) is 16.9 Å². The summed E-state index contributed by atoms with van der Waals surface area (Å²) in [4.78, 5) is 34.6. The minimum atomic E-state index is -0.692. The molecule has 1 unspecified atom stereocenters. The first kappa shape index (κ1) is 25.3. The molecular weight excluding hydrogens is 472 g/mol. The van der Waals surface area contributed by atoms with Crippen LogP contribution in [0.15, 0.2) is 102 Å². The van der Waals surface area contributed by atoms with Crippen molar-refractivity contribution in [3.63, 3.8) is 0 Å². The van der Waals surface area contributed by atoms with E-state index in [9.17, 15) is 14.7 Å². The highest BCUT2D eigenvalue weighted by molar-refractivity contribution is 6.60. The van der Waals surface area contributed by atoms with Gasteiger partial charge in [-0.2, -0.15) is 0 Å². The molecule has 5 rings (SSSR count). The van der Waals surface area contributed by atoms with Crippen molar-refractivity contribution in [2.45, 2.75) is 40.0 Å². The summed E-state index contributed by atoms with van der Waals surface area (Å²) in [5, 5.41) is 13.7. The molecule has 4 aromatic rings. The highest BCUT2D eigenvalue weighted by atomic mass is 16.3. The zero-order valence-corrected chi connectivity index (χ0v) is 22.2. The summed E-state index contributed by atoms with van der Waals surface area (Å²) in [6.45, 7) is 11.9. The Morgan fingerprint density at radius 1 is 1.03 bits per heavy atom. The van der Waals surface area contributed by atoms with E-state index in [2.05, 4.69) is 16.5 Å². The van der Waals surface area contributed by atoms with E-state index in [1.165, 1.54) is 0 Å². The third kappa shape index (κ3) is 4.14. The predicted molar refractivity (Wildman–Crippen MR) is 154 cm³/mol. The fourth-order valence-corrected chi connectivity index (χ4v) is 5.39. The Bertz CT molecular complexity index is 1670. The lowest BCUT2D eigenvalue weighted by molar-refractivity contribution is -0.131. The Morgan fingerprint density at radius 2 is 1.71 bits per heavy atom. The topological polar surface area (TPSA) is 85.9 Å². The van der Waals surface area contributed by atoms with Crippen LogP contribution in [0.4, 0.5) is 0 Å². The summed E-state index contributed by atoms with van der Waals surface area (Å²) < 4.78 is 0. The SMILES string of the molecule is C=CC(C)(C)C(C1=C(O)C(CC=C(C)C)=C(c2c[nH]c3ccccc23)C(=O)C1=O)c1cc2ccccc2[nH]1. The van der Waals surface area contributed by atoms with Crippen molar-refractivity contribution in [3.8, 4) is 0 Å². The summed E-state index contributed by atoms with van der Waals surface area (Å²) in [6, 6.07) is 17.5. The molecule has 1 atom stereocenters. The van der Waals surface area contributed by atoms with Crippen LogP contribution in [0.1, 0.15) is 51.3 Å². The molecule has 5 nitrogen and oxygen atoms in total. The second kappa shape index (κ2) is 9.49. The van der Waals surface area contributed by atoms with E-state index in [1.54, 1.807) is 12.3 Å². The fourth-order valence-electron chi connectivity index (χ4n) is 5.39. The molecule has 0 fully saturated rings. The molecular formula is C33H32N2O3. The van der Waals surface area contributed by atoms with Gasteiger partial charge >= 0.3 is 0 Å². The lowest BCUT2D eigenvalue weighted by atomic mass is 9.68. The Morgan fingerprint density at radius 3 is 2.39 bits per heavy atom. The number of aromatic nitrogens is 2. The number of para-hydroxylation sites is 2. The molecule has 2 aromatic carbocycles. The second-order valence-corrected chi connectivity index (χ2v) is 10.8. The number of benzene rings is 2. The van der Waals surface area contributed by atoms with Crippen LogP contribution in [0.2, 0.25) is 0 Å². The van der Waals surface area contributed by atoms with Gasteiger partial charge in [0.05, 0.1) is 5.57 Å². The monoisotopic (exact) mass is 504 g/mol. The van der Waals surface area contributed by atoms with Crippen molar-refractivity contribution in [2.75, 3.05) is 0 Å². The van der Waals surface area contributed by atoms with Crippen LogP contribution in [-0.4, -0.2) is 26.6 Å². The number of allylic oxidation sites excluding steroid dienone is 6. The summed E-state index contributed by atoms with van der Waals surface area (Å²) >= 11 is 0. The summed E-state index contributed by atoms with van der Waals surface area (Å²) in [5.74, 6) is -2.05. The number of aliphatic hydroxyl groups is 1. The highest BCUT2D eigenvalue weighted by Gasteiger charge is 2.44. The maximum Gasteiger partial charge on any atom is 0.234 e. The van der Waals surface area contributed by atoms with Gasteiger partial charge in [-0.15, -0.1) is 6.58 Å². The number of Topliss-reactive ketones (excluding diaryl/α,β-unsaturated/α-hetero) is 2. The van der Waals surface area contributed by atoms with E-state index < -0.39 is 22.9 Å². The van der Waals surface area contributed by atoms with Crippen LogP contribution in [0.5, 0.6) is 0 Å². The van der Waals surface area contributed by atoms with Gasteiger partial charge in [0.1, 0.15) is 5.76 Å². The first-order chi connectivity index (χ1) is 18.1. The number of aromatic amines is 2. The number of hydrogen-bond donors (Lipinski definition) is 3. The number of nitrogens with one attached hydrogen (secondary N) is 2. The smallest absolute Gasteiger partial charge is 0.234 e. The fraction of sp³-hybridized carbons (Fsp3) is 0.212. The van der Waals surface area contributed by atoms with E-state index >= 15 is 0 Å². The molecule has 38 heavy (non-hydrogen) atoms. The Balaban J connectivity index is 1.81. The molecule has 1 aliphatic rings. The largest absolute Gasteiger partial charge is 0.507 e. The number of aliphatic hydroxyl groups excluding tert-OH is 1. The van der Waals surface area contributed by atoms with Gasteiger partial charge in [-0.25, -0.2) is 0 Å². The molecule has 3 N–H and O–H groups in total. The van der Waals surface area contributed by atoms with Crippen molar-refractivity contribution >= 4 is 38.9 Å². The van der Waals surface area contributed by atoms with Crippen molar-refractivity contribution in [3.05, 3.63) is 113 Å². The van der Waals surface area contributed by atoms with Gasteiger partial charge in [-0.05, 0) is 49.3 Å². The van der Waals surface area contributed by atoms with E-state index in [0.717, 1.165) is 33.1 Å². The maximum atomic E-state index is 14.0. The molecule has 5 heteroatoms. The van der Waals surface area contributed by atoms with Gasteiger partial charge in [0.2, 0.25) is 11.6 Å². The number of rotatable bonds is 7. The molecule has 2 aromatic heterocycles. The van der Waals surface area contributed by atoms with Gasteiger partial charge in [0.15, 0.2) is 0 Å². The van der Waals surface area contributed by atoms with Gasteiger partial charge in [0, 0.05) is 50.9 Å². The number of carbonyl (C=O) groups excluding carboxylic acids is 2. The third-order valence-corrected chi connectivity index (χ3v) is 7.51. The van der Waals surface area contributed by atoms with Crippen molar-refractivity contribution in [1.82, 2.24) is 9.97 Å². The Hall–Kier alpha value is -4.38. The summed E-state index contributed by atoms with van der Waals surface area (Å²) in [7, 11) is 0. The summed E-state index contributed by atoms with van der Waals surface area (Å²) in [5.41, 5.74) is 4.34. The average molecular weight is 505 g/mol. The Kier molecular flexibility index (Phi) is 6.31. The number of fused-ring (bicyclic) bond motifs is 2. The minimum absolute atomic E-state index is 0.104. The second-order valence-electron chi connectivity index (χ2n) is 10.8. The van der Waals surface area contributed by atoms with Crippen molar-refractivity contribution in [2.24, 2.45) is 5.41 Å². The van der Waals surface area contributed by atoms with E-state index in [4.69, 9.17) is 0 Å². The molecule has 0 saturated carbocycles. The molecule has 0 saturated heterocycles. The molecule has 0 bridgehead atoms. The van der Waals surface area contributed by atoms with Crippen LogP contribution in [0.3, 0.4) is 0 Å². The minimum Gasteiger partial charge on any atom is -0.507 e. The third-order valence-electron chi connectivity index (χ3n) is 7.51. The van der Waals surface area contributed by atoms with Crippen molar-refractivity contribution in [1.29, 1.82) is 0 Å². The van der Waals surface area contributed by atoms with Crippen LogP contribution in [-0.2, 0) is 9.59 Å². The average Bonchev–Trinajstić information content (AvgIpc) is 3.51. The molecule has 0 amide bonds. The van der Waals surface area contributed by atoms with Crippen LogP contribution in [0.25, 0.3) is 27.4 Å². The van der Waals surface area contributed by atoms with Crippen LogP contribution >= 0.6 is 0 Å². The highest BCUT2D eigenvalue weighted by Crippen LogP contribution is 2.48. The zero-order chi connectivity index (χ0) is 27.2. The number of ketones is 2. The predicted octanol–water partition coefficient (Wildman–Crippen LogP) is 7.72. The van der Waals surface area contributed by atoms with Gasteiger partial charge in [0.25, 0.3) is 0 Å². The van der Waals surface area contributed by atoms with E-state index in [1.807, 2.05) is 88.4 Å². The van der Waals surface area contributed by atoms with Crippen molar-refractivity contribution < 1.29 is 14.7 Å². The quantitative estimate of drug-likeness (QED) is 0.137. The zero-order valence-electron chi connectivity index (χ0n) is 22.2. The lowest BCUT2D eigenvalue weighted by Gasteiger charge is -2.34.